The number of fused-ring (bicyclic) bond motifs is 1. The number of para-hydroxylation sites is 2. The van der Waals surface area contributed by atoms with Gasteiger partial charge in [-0.1, -0.05) is 36.4 Å². The van der Waals surface area contributed by atoms with E-state index in [4.69, 9.17) is 14.5 Å². The van der Waals surface area contributed by atoms with Gasteiger partial charge in [0.25, 0.3) is 5.91 Å². The molecule has 2 heterocycles. The van der Waals surface area contributed by atoms with Crippen LogP contribution in [0.1, 0.15) is 17.3 Å². The first kappa shape index (κ1) is 24.3. The molecule has 0 N–H and O–H groups in total. The van der Waals surface area contributed by atoms with Crippen LogP contribution < -0.4 is 9.64 Å². The number of rotatable bonds is 6. The van der Waals surface area contributed by atoms with Gasteiger partial charge in [0.05, 0.1) is 23.9 Å². The van der Waals surface area contributed by atoms with Gasteiger partial charge in [-0.3, -0.25) is 4.79 Å². The van der Waals surface area contributed by atoms with Gasteiger partial charge in [0, 0.05) is 42.8 Å². The fourth-order valence-corrected chi connectivity index (χ4v) is 4.61. The predicted octanol–water partition coefficient (Wildman–Crippen LogP) is 4.80. The maximum Gasteiger partial charge on any atom is 0.339 e. The molecule has 4 aromatic rings. The fraction of sp³-hybridized carbons (Fsp3) is 0.233. The molecule has 37 heavy (non-hydrogen) atoms. The molecule has 1 aromatic heterocycles. The zero-order chi connectivity index (χ0) is 25.8. The summed E-state index contributed by atoms with van der Waals surface area (Å²) in [4.78, 5) is 35.2. The number of anilines is 1. The lowest BCUT2D eigenvalue weighted by molar-refractivity contribution is -0.140. The van der Waals surface area contributed by atoms with Crippen molar-refractivity contribution in [1.82, 2.24) is 9.88 Å². The smallest absolute Gasteiger partial charge is 0.339 e. The number of ether oxygens (including phenoxy) is 2. The van der Waals surface area contributed by atoms with Crippen molar-refractivity contribution in [2.24, 2.45) is 0 Å². The minimum absolute atomic E-state index is 0.185. The number of pyridine rings is 1. The van der Waals surface area contributed by atoms with Gasteiger partial charge in [-0.25, -0.2) is 9.78 Å². The number of hydrogen-bond acceptors (Lipinski definition) is 6. The van der Waals surface area contributed by atoms with E-state index < -0.39 is 12.1 Å². The summed E-state index contributed by atoms with van der Waals surface area (Å²) in [5.41, 5.74) is 3.69. The highest BCUT2D eigenvalue weighted by atomic mass is 16.5. The van der Waals surface area contributed by atoms with Gasteiger partial charge in [0.15, 0.2) is 6.10 Å². The Morgan fingerprint density at radius 3 is 2.24 bits per heavy atom. The number of amides is 1. The van der Waals surface area contributed by atoms with Crippen molar-refractivity contribution in [2.45, 2.75) is 13.0 Å². The number of carbonyl (C=O) groups is 2. The second-order valence-electron chi connectivity index (χ2n) is 9.00. The van der Waals surface area contributed by atoms with E-state index >= 15 is 0 Å². The monoisotopic (exact) mass is 495 g/mol. The van der Waals surface area contributed by atoms with E-state index in [0.29, 0.717) is 35.2 Å². The van der Waals surface area contributed by atoms with Crippen molar-refractivity contribution in [1.29, 1.82) is 0 Å². The molecule has 1 aliphatic heterocycles. The van der Waals surface area contributed by atoms with Gasteiger partial charge in [0.2, 0.25) is 0 Å². The summed E-state index contributed by atoms with van der Waals surface area (Å²) in [5, 5.41) is 0.681. The maximum atomic E-state index is 13.3. The Kier molecular flexibility index (Phi) is 7.03. The van der Waals surface area contributed by atoms with Crippen LogP contribution in [0.3, 0.4) is 0 Å². The number of hydrogen-bond donors (Lipinski definition) is 0. The molecule has 1 saturated heterocycles. The summed E-state index contributed by atoms with van der Waals surface area (Å²) in [6.07, 6.45) is -0.896. The second-order valence-corrected chi connectivity index (χ2v) is 9.00. The van der Waals surface area contributed by atoms with E-state index in [2.05, 4.69) is 17.0 Å². The number of aromatic nitrogens is 1. The number of esters is 1. The van der Waals surface area contributed by atoms with E-state index in [1.165, 1.54) is 0 Å². The average Bonchev–Trinajstić information content (AvgIpc) is 2.96. The lowest BCUT2D eigenvalue weighted by Crippen LogP contribution is -2.51. The van der Waals surface area contributed by atoms with Crippen LogP contribution in [0.2, 0.25) is 0 Å². The van der Waals surface area contributed by atoms with Crippen LogP contribution in [0, 0.1) is 0 Å². The number of nitrogens with zero attached hydrogens (tertiary/aromatic N) is 3. The molecular formula is C30H29N3O4. The second kappa shape index (κ2) is 10.7. The minimum atomic E-state index is -0.896. The van der Waals surface area contributed by atoms with E-state index in [1.807, 2.05) is 66.7 Å². The molecule has 7 heteroatoms. The van der Waals surface area contributed by atoms with Gasteiger partial charge in [-0.05, 0) is 55.5 Å². The Morgan fingerprint density at radius 2 is 1.54 bits per heavy atom. The van der Waals surface area contributed by atoms with Crippen LogP contribution in [-0.4, -0.2) is 61.2 Å². The molecule has 0 spiro atoms. The standard InChI is InChI=1S/C30H29N3O4/c1-21(29(34)33-18-16-32(17-19-33)23-8-4-3-5-9-23)37-30(35)26-20-28(22-12-14-24(36-2)15-13-22)31-27-11-7-6-10-25(26)27/h3-15,20-21H,16-19H2,1-2H3. The van der Waals surface area contributed by atoms with E-state index in [0.717, 1.165) is 30.1 Å². The highest BCUT2D eigenvalue weighted by Gasteiger charge is 2.28. The highest BCUT2D eigenvalue weighted by molar-refractivity contribution is 6.05. The molecule has 188 valence electrons. The van der Waals surface area contributed by atoms with Crippen LogP contribution in [0.15, 0.2) is 84.9 Å². The average molecular weight is 496 g/mol. The SMILES string of the molecule is COc1ccc(-c2cc(C(=O)OC(C)C(=O)N3CCN(c4ccccc4)CC3)c3ccccc3n2)cc1. The number of benzene rings is 3. The molecule has 0 aliphatic carbocycles. The first-order valence-corrected chi connectivity index (χ1v) is 12.4. The number of carbonyl (C=O) groups excluding carboxylic acids is 2. The summed E-state index contributed by atoms with van der Waals surface area (Å²) < 4.78 is 11.0. The van der Waals surface area contributed by atoms with Gasteiger partial charge in [0.1, 0.15) is 5.75 Å². The lowest BCUT2D eigenvalue weighted by Gasteiger charge is -2.37. The Morgan fingerprint density at radius 1 is 0.865 bits per heavy atom. The van der Waals surface area contributed by atoms with Gasteiger partial charge >= 0.3 is 5.97 Å². The molecule has 1 amide bonds. The first-order chi connectivity index (χ1) is 18.0. The molecule has 1 atom stereocenters. The summed E-state index contributed by atoms with van der Waals surface area (Å²) in [5.74, 6) is 0.00745. The van der Waals surface area contributed by atoms with E-state index in [1.54, 1.807) is 25.0 Å². The Bertz CT molecular complexity index is 1400. The number of piperazine rings is 1. The normalized spacial score (nSPS) is 14.3. The van der Waals surface area contributed by atoms with Crippen LogP contribution in [0.25, 0.3) is 22.2 Å². The van der Waals surface area contributed by atoms with Gasteiger partial charge in [-0.15, -0.1) is 0 Å². The summed E-state index contributed by atoms with van der Waals surface area (Å²) in [6.45, 7) is 4.26. The van der Waals surface area contributed by atoms with Crippen LogP contribution in [-0.2, 0) is 9.53 Å². The van der Waals surface area contributed by atoms with Crippen molar-refractivity contribution in [2.75, 3.05) is 38.2 Å². The molecular weight excluding hydrogens is 466 g/mol. The maximum absolute atomic E-state index is 13.3. The predicted molar refractivity (Wildman–Crippen MR) is 144 cm³/mol. The molecule has 1 fully saturated rings. The molecule has 0 radical (unpaired) electrons. The third-order valence-electron chi connectivity index (χ3n) is 6.67. The summed E-state index contributed by atoms with van der Waals surface area (Å²) in [6, 6.07) is 26.8. The molecule has 7 nitrogen and oxygen atoms in total. The van der Waals surface area contributed by atoms with Crippen LogP contribution in [0.4, 0.5) is 5.69 Å². The Hall–Kier alpha value is -4.39. The zero-order valence-electron chi connectivity index (χ0n) is 21.0. The molecule has 1 aliphatic rings. The van der Waals surface area contributed by atoms with E-state index in [9.17, 15) is 9.59 Å². The molecule has 0 saturated carbocycles. The zero-order valence-corrected chi connectivity index (χ0v) is 21.0. The lowest BCUT2D eigenvalue weighted by atomic mass is 10.0. The Labute approximate surface area is 216 Å². The topological polar surface area (TPSA) is 72.0 Å². The van der Waals surface area contributed by atoms with Crippen molar-refractivity contribution < 1.29 is 19.1 Å². The summed E-state index contributed by atoms with van der Waals surface area (Å²) in [7, 11) is 1.61. The molecule has 1 unspecified atom stereocenters. The molecule has 0 bridgehead atoms. The third-order valence-corrected chi connectivity index (χ3v) is 6.67. The van der Waals surface area contributed by atoms with Gasteiger partial charge in [-0.2, -0.15) is 0 Å². The quantitative estimate of drug-likeness (QED) is 0.358. The fourth-order valence-electron chi connectivity index (χ4n) is 4.61. The van der Waals surface area contributed by atoms with Crippen molar-refractivity contribution in [3.63, 3.8) is 0 Å². The van der Waals surface area contributed by atoms with Crippen LogP contribution in [0.5, 0.6) is 5.75 Å². The third kappa shape index (κ3) is 5.26. The first-order valence-electron chi connectivity index (χ1n) is 12.4. The van der Waals surface area contributed by atoms with Crippen LogP contribution >= 0.6 is 0 Å². The van der Waals surface area contributed by atoms with Crippen molar-refractivity contribution in [3.8, 4) is 17.0 Å². The Balaban J connectivity index is 1.31. The van der Waals surface area contributed by atoms with Gasteiger partial charge < -0.3 is 19.3 Å². The summed E-state index contributed by atoms with van der Waals surface area (Å²) >= 11 is 0. The van der Waals surface area contributed by atoms with Crippen molar-refractivity contribution >= 4 is 28.5 Å². The number of methoxy groups -OCH3 is 1. The molecule has 5 rings (SSSR count). The van der Waals surface area contributed by atoms with Crippen molar-refractivity contribution in [3.05, 3.63) is 90.5 Å². The largest absolute Gasteiger partial charge is 0.497 e. The minimum Gasteiger partial charge on any atom is -0.497 e. The highest BCUT2D eigenvalue weighted by Crippen LogP contribution is 2.27. The van der Waals surface area contributed by atoms with E-state index in [-0.39, 0.29) is 5.91 Å². The molecule has 3 aromatic carbocycles.